The second-order valence-electron chi connectivity index (χ2n) is 7.48. The number of aryl methyl sites for hydroxylation is 1. The Bertz CT molecular complexity index is 1060. The van der Waals surface area contributed by atoms with Gasteiger partial charge in [0.1, 0.15) is 0 Å². The molecule has 150 valence electrons. The van der Waals surface area contributed by atoms with E-state index in [-0.39, 0.29) is 18.6 Å². The summed E-state index contributed by atoms with van der Waals surface area (Å²) < 4.78 is 10.6. The van der Waals surface area contributed by atoms with Crippen LogP contribution in [0.15, 0.2) is 40.9 Å². The van der Waals surface area contributed by atoms with Gasteiger partial charge in [-0.25, -0.2) is 9.78 Å². The number of benzene rings is 1. The second kappa shape index (κ2) is 7.66. The van der Waals surface area contributed by atoms with Crippen molar-refractivity contribution in [3.8, 4) is 0 Å². The smallest absolute Gasteiger partial charge is 0.339 e. The number of amides is 1. The first-order valence-corrected chi connectivity index (χ1v) is 9.70. The Morgan fingerprint density at radius 2 is 2.00 bits per heavy atom. The van der Waals surface area contributed by atoms with E-state index < -0.39 is 5.97 Å². The highest BCUT2D eigenvalue weighted by atomic mass is 16.5. The third-order valence-electron chi connectivity index (χ3n) is 5.44. The van der Waals surface area contributed by atoms with Crippen molar-refractivity contribution in [3.05, 3.63) is 58.9 Å². The van der Waals surface area contributed by atoms with Gasteiger partial charge in [0.15, 0.2) is 6.61 Å². The molecule has 29 heavy (non-hydrogen) atoms. The minimum Gasteiger partial charge on any atom is -0.452 e. The first kappa shape index (κ1) is 19.1. The van der Waals surface area contributed by atoms with Gasteiger partial charge in [0.25, 0.3) is 11.6 Å². The number of likely N-dealkylation sites (N-methyl/N-ethyl adjacent to an activating group) is 1. The summed E-state index contributed by atoms with van der Waals surface area (Å²) in [5, 5.41) is 4.46. The Hall–Kier alpha value is -3.22. The Morgan fingerprint density at radius 3 is 2.69 bits per heavy atom. The number of pyridine rings is 1. The van der Waals surface area contributed by atoms with Crippen molar-refractivity contribution in [3.63, 3.8) is 0 Å². The SMILES string of the molecule is Cc1noc2nc(C3CC3)cc(C(=O)OCC(=O)N(C)[C@H](C)c3ccccc3)c12. The maximum absolute atomic E-state index is 12.8. The first-order chi connectivity index (χ1) is 14.0. The van der Waals surface area contributed by atoms with Crippen molar-refractivity contribution in [2.45, 2.75) is 38.6 Å². The van der Waals surface area contributed by atoms with E-state index in [1.54, 1.807) is 24.9 Å². The summed E-state index contributed by atoms with van der Waals surface area (Å²) in [6, 6.07) is 11.3. The zero-order chi connectivity index (χ0) is 20.5. The number of hydrogen-bond donors (Lipinski definition) is 0. The molecule has 1 amide bonds. The summed E-state index contributed by atoms with van der Waals surface area (Å²) in [5.41, 5.74) is 3.08. The van der Waals surface area contributed by atoms with Crippen LogP contribution in [0.5, 0.6) is 0 Å². The molecule has 4 rings (SSSR count). The van der Waals surface area contributed by atoms with Gasteiger partial charge in [-0.05, 0) is 38.3 Å². The molecule has 0 N–H and O–H groups in total. The zero-order valence-electron chi connectivity index (χ0n) is 16.7. The normalized spacial score (nSPS) is 14.6. The van der Waals surface area contributed by atoms with Crippen molar-refractivity contribution in [1.82, 2.24) is 15.0 Å². The molecule has 0 bridgehead atoms. The number of carbonyl (C=O) groups excluding carboxylic acids is 2. The number of fused-ring (bicyclic) bond motifs is 1. The number of hydrogen-bond acceptors (Lipinski definition) is 6. The molecule has 1 fully saturated rings. The van der Waals surface area contributed by atoms with Crippen LogP contribution in [0.4, 0.5) is 0 Å². The van der Waals surface area contributed by atoms with Gasteiger partial charge >= 0.3 is 5.97 Å². The summed E-state index contributed by atoms with van der Waals surface area (Å²) in [4.78, 5) is 31.4. The second-order valence-corrected chi connectivity index (χ2v) is 7.48. The third-order valence-corrected chi connectivity index (χ3v) is 5.44. The van der Waals surface area contributed by atoms with Crippen LogP contribution in [0.1, 0.15) is 59.0 Å². The molecular weight excluding hydrogens is 370 g/mol. The van der Waals surface area contributed by atoms with Crippen LogP contribution in [0.3, 0.4) is 0 Å². The van der Waals surface area contributed by atoms with Gasteiger partial charge in [0.05, 0.1) is 22.7 Å². The number of carbonyl (C=O) groups is 2. The van der Waals surface area contributed by atoms with Crippen molar-refractivity contribution in [2.75, 3.05) is 13.7 Å². The van der Waals surface area contributed by atoms with E-state index in [0.29, 0.717) is 28.3 Å². The van der Waals surface area contributed by atoms with Crippen molar-refractivity contribution < 1.29 is 18.8 Å². The maximum Gasteiger partial charge on any atom is 0.339 e. The van der Waals surface area contributed by atoms with Crippen LogP contribution < -0.4 is 0 Å². The predicted octanol–water partition coefficient (Wildman–Crippen LogP) is 3.79. The number of aromatic nitrogens is 2. The van der Waals surface area contributed by atoms with Crippen molar-refractivity contribution in [2.24, 2.45) is 0 Å². The minimum absolute atomic E-state index is 0.128. The molecule has 1 aliphatic rings. The molecule has 3 aromatic rings. The van der Waals surface area contributed by atoms with Gasteiger partial charge < -0.3 is 14.2 Å². The largest absolute Gasteiger partial charge is 0.452 e. The number of rotatable bonds is 6. The molecule has 0 unspecified atom stereocenters. The van der Waals surface area contributed by atoms with Crippen LogP contribution >= 0.6 is 0 Å². The van der Waals surface area contributed by atoms with Gasteiger partial charge in [-0.2, -0.15) is 0 Å². The standard InChI is InChI=1S/C22H23N3O4/c1-13-20-17(11-18(16-9-10-16)23-21(20)29-24-13)22(27)28-12-19(26)25(3)14(2)15-7-5-4-6-8-15/h4-8,11,14,16H,9-10,12H2,1-3H3/t14-/m1/s1. The summed E-state index contributed by atoms with van der Waals surface area (Å²) in [6.07, 6.45) is 2.08. The van der Waals surface area contributed by atoms with Gasteiger partial charge in [0, 0.05) is 18.7 Å². The monoisotopic (exact) mass is 393 g/mol. The number of esters is 1. The Kier molecular flexibility index (Phi) is 5.05. The summed E-state index contributed by atoms with van der Waals surface area (Å²) >= 11 is 0. The molecule has 0 aliphatic heterocycles. The Morgan fingerprint density at radius 1 is 1.28 bits per heavy atom. The fourth-order valence-corrected chi connectivity index (χ4v) is 3.34. The summed E-state index contributed by atoms with van der Waals surface area (Å²) in [6.45, 7) is 3.35. The fourth-order valence-electron chi connectivity index (χ4n) is 3.34. The van der Waals surface area contributed by atoms with Crippen LogP contribution in [-0.4, -0.2) is 40.6 Å². The fraction of sp³-hybridized carbons (Fsp3) is 0.364. The van der Waals surface area contributed by atoms with Crippen LogP contribution in [0.25, 0.3) is 11.1 Å². The number of ether oxygens (including phenoxy) is 1. The average Bonchev–Trinajstić information content (AvgIpc) is 3.54. The molecule has 2 aromatic heterocycles. The van der Waals surface area contributed by atoms with Crippen LogP contribution in [0, 0.1) is 6.92 Å². The molecule has 0 saturated heterocycles. The summed E-state index contributed by atoms with van der Waals surface area (Å²) in [7, 11) is 1.70. The van der Waals surface area contributed by atoms with E-state index in [1.807, 2.05) is 37.3 Å². The highest BCUT2D eigenvalue weighted by Crippen LogP contribution is 2.40. The van der Waals surface area contributed by atoms with Gasteiger partial charge in [-0.15, -0.1) is 0 Å². The molecule has 1 aromatic carbocycles. The highest BCUT2D eigenvalue weighted by Gasteiger charge is 2.29. The molecule has 7 heteroatoms. The van der Waals surface area contributed by atoms with Crippen LogP contribution in [-0.2, 0) is 9.53 Å². The molecular formula is C22H23N3O4. The molecule has 1 aliphatic carbocycles. The van der Waals surface area contributed by atoms with Gasteiger partial charge in [-0.3, -0.25) is 4.79 Å². The molecule has 7 nitrogen and oxygen atoms in total. The minimum atomic E-state index is -0.570. The van der Waals surface area contributed by atoms with E-state index in [2.05, 4.69) is 10.1 Å². The molecule has 1 saturated carbocycles. The Balaban J connectivity index is 1.48. The van der Waals surface area contributed by atoms with E-state index >= 15 is 0 Å². The van der Waals surface area contributed by atoms with E-state index in [1.165, 1.54) is 0 Å². The molecule has 2 heterocycles. The molecule has 1 atom stereocenters. The third kappa shape index (κ3) is 3.85. The number of nitrogens with zero attached hydrogens (tertiary/aromatic N) is 3. The average molecular weight is 393 g/mol. The molecule has 0 radical (unpaired) electrons. The lowest BCUT2D eigenvalue weighted by Crippen LogP contribution is -2.33. The van der Waals surface area contributed by atoms with Crippen molar-refractivity contribution in [1.29, 1.82) is 0 Å². The van der Waals surface area contributed by atoms with E-state index in [4.69, 9.17) is 9.26 Å². The van der Waals surface area contributed by atoms with E-state index in [0.717, 1.165) is 24.1 Å². The Labute approximate surface area is 168 Å². The first-order valence-electron chi connectivity index (χ1n) is 9.70. The topological polar surface area (TPSA) is 85.5 Å². The lowest BCUT2D eigenvalue weighted by Gasteiger charge is -2.25. The lowest BCUT2D eigenvalue weighted by atomic mass is 10.1. The quantitative estimate of drug-likeness (QED) is 0.593. The van der Waals surface area contributed by atoms with Gasteiger partial charge in [-0.1, -0.05) is 35.5 Å². The van der Waals surface area contributed by atoms with Gasteiger partial charge in [0.2, 0.25) is 0 Å². The summed E-state index contributed by atoms with van der Waals surface area (Å²) in [5.74, 6) is -0.500. The predicted molar refractivity (Wildman–Crippen MR) is 106 cm³/mol. The molecule has 0 spiro atoms. The van der Waals surface area contributed by atoms with E-state index in [9.17, 15) is 9.59 Å². The van der Waals surface area contributed by atoms with Crippen molar-refractivity contribution >= 4 is 23.0 Å². The maximum atomic E-state index is 12.8. The highest BCUT2D eigenvalue weighted by molar-refractivity contribution is 6.03. The zero-order valence-corrected chi connectivity index (χ0v) is 16.7. The lowest BCUT2D eigenvalue weighted by molar-refractivity contribution is -0.135. The van der Waals surface area contributed by atoms with Crippen LogP contribution in [0.2, 0.25) is 0 Å².